The third kappa shape index (κ3) is 4.74. The first-order chi connectivity index (χ1) is 10.9. The van der Waals surface area contributed by atoms with Gasteiger partial charge in [-0.25, -0.2) is 21.5 Å². The molecular formula is C16H17F2NO3S. The first-order valence-corrected chi connectivity index (χ1v) is 8.44. The van der Waals surface area contributed by atoms with E-state index in [1.165, 1.54) is 47.8 Å². The van der Waals surface area contributed by atoms with Gasteiger partial charge in [0.05, 0.1) is 11.5 Å². The lowest BCUT2D eigenvalue weighted by Gasteiger charge is -2.17. The highest BCUT2D eigenvalue weighted by Gasteiger charge is 2.20. The van der Waals surface area contributed by atoms with Crippen LogP contribution in [0.5, 0.6) is 5.75 Å². The molecule has 0 N–H and O–H groups in total. The second-order valence-electron chi connectivity index (χ2n) is 4.94. The number of benzene rings is 2. The molecule has 0 aliphatic rings. The van der Waals surface area contributed by atoms with Gasteiger partial charge in [-0.3, -0.25) is 0 Å². The first-order valence-electron chi connectivity index (χ1n) is 7.00. The minimum absolute atomic E-state index is 0.0425. The Hall–Kier alpha value is -1.99. The highest BCUT2D eigenvalue weighted by molar-refractivity contribution is 7.89. The van der Waals surface area contributed by atoms with Gasteiger partial charge in [0, 0.05) is 13.6 Å². The van der Waals surface area contributed by atoms with Crippen LogP contribution in [-0.2, 0) is 10.0 Å². The molecule has 0 bridgehead atoms. The summed E-state index contributed by atoms with van der Waals surface area (Å²) in [7, 11) is -2.19. The Morgan fingerprint density at radius 1 is 0.957 bits per heavy atom. The highest BCUT2D eigenvalue weighted by Crippen LogP contribution is 2.15. The maximum Gasteiger partial charge on any atom is 0.242 e. The zero-order valence-corrected chi connectivity index (χ0v) is 13.4. The van der Waals surface area contributed by atoms with Crippen LogP contribution < -0.4 is 4.74 Å². The summed E-state index contributed by atoms with van der Waals surface area (Å²) in [5.74, 6) is -0.308. The van der Waals surface area contributed by atoms with E-state index in [0.29, 0.717) is 18.8 Å². The van der Waals surface area contributed by atoms with Gasteiger partial charge in [0.15, 0.2) is 0 Å². The molecule has 23 heavy (non-hydrogen) atoms. The topological polar surface area (TPSA) is 46.6 Å². The Kier molecular flexibility index (Phi) is 5.68. The fourth-order valence-electron chi connectivity index (χ4n) is 1.91. The SMILES string of the molecule is CN(CCCOc1ccc(F)cc1)S(=O)(=O)c1ccc(F)cc1. The van der Waals surface area contributed by atoms with Gasteiger partial charge in [-0.2, -0.15) is 0 Å². The van der Waals surface area contributed by atoms with Crippen molar-refractivity contribution >= 4 is 10.0 Å². The van der Waals surface area contributed by atoms with Gasteiger partial charge in [0.1, 0.15) is 17.4 Å². The average molecular weight is 341 g/mol. The molecule has 0 saturated heterocycles. The highest BCUT2D eigenvalue weighted by atomic mass is 32.2. The van der Waals surface area contributed by atoms with E-state index in [0.717, 1.165) is 12.1 Å². The van der Waals surface area contributed by atoms with E-state index in [9.17, 15) is 17.2 Å². The molecule has 0 spiro atoms. The summed E-state index contributed by atoms with van der Waals surface area (Å²) in [6.07, 6.45) is 0.467. The molecule has 2 rings (SSSR count). The molecule has 0 saturated carbocycles. The number of sulfonamides is 1. The van der Waals surface area contributed by atoms with Crippen LogP contribution >= 0.6 is 0 Å². The number of hydrogen-bond acceptors (Lipinski definition) is 3. The molecule has 7 heteroatoms. The summed E-state index contributed by atoms with van der Waals surface area (Å²) >= 11 is 0. The van der Waals surface area contributed by atoms with Gasteiger partial charge in [-0.1, -0.05) is 0 Å². The summed E-state index contributed by atoms with van der Waals surface area (Å²) < 4.78 is 56.7. The fraction of sp³-hybridized carbons (Fsp3) is 0.250. The number of hydrogen-bond donors (Lipinski definition) is 0. The van der Waals surface area contributed by atoms with E-state index in [4.69, 9.17) is 4.74 Å². The van der Waals surface area contributed by atoms with Crippen LogP contribution in [-0.4, -0.2) is 32.9 Å². The smallest absolute Gasteiger partial charge is 0.242 e. The van der Waals surface area contributed by atoms with Crippen LogP contribution in [0.25, 0.3) is 0 Å². The Morgan fingerprint density at radius 2 is 1.48 bits per heavy atom. The summed E-state index contributed by atoms with van der Waals surface area (Å²) in [6, 6.07) is 10.3. The van der Waals surface area contributed by atoms with E-state index >= 15 is 0 Å². The second-order valence-corrected chi connectivity index (χ2v) is 6.98. The van der Waals surface area contributed by atoms with Crippen LogP contribution in [0.4, 0.5) is 8.78 Å². The van der Waals surface area contributed by atoms with Crippen LogP contribution in [0, 0.1) is 11.6 Å². The van der Waals surface area contributed by atoms with Crippen molar-refractivity contribution in [1.82, 2.24) is 4.31 Å². The Bertz CT molecular complexity index is 731. The van der Waals surface area contributed by atoms with Gasteiger partial charge < -0.3 is 4.74 Å². The number of halogens is 2. The van der Waals surface area contributed by atoms with Crippen molar-refractivity contribution in [2.45, 2.75) is 11.3 Å². The van der Waals surface area contributed by atoms with Crippen molar-refractivity contribution in [2.75, 3.05) is 20.2 Å². The van der Waals surface area contributed by atoms with Crippen molar-refractivity contribution in [1.29, 1.82) is 0 Å². The van der Waals surface area contributed by atoms with Crippen molar-refractivity contribution in [3.05, 3.63) is 60.2 Å². The molecule has 0 amide bonds. The summed E-state index contributed by atoms with van der Waals surface area (Å²) in [4.78, 5) is 0.0425. The third-order valence-electron chi connectivity index (χ3n) is 3.22. The monoisotopic (exact) mass is 341 g/mol. The zero-order valence-electron chi connectivity index (χ0n) is 12.6. The van der Waals surface area contributed by atoms with Gasteiger partial charge in [-0.15, -0.1) is 0 Å². The Labute approximate surface area is 134 Å². The molecule has 0 aromatic heterocycles. The van der Waals surface area contributed by atoms with E-state index in [-0.39, 0.29) is 17.3 Å². The molecule has 4 nitrogen and oxygen atoms in total. The maximum atomic E-state index is 12.9. The van der Waals surface area contributed by atoms with E-state index in [1.807, 2.05) is 0 Å². The maximum absolute atomic E-state index is 12.9. The minimum atomic E-state index is -3.64. The van der Waals surface area contributed by atoms with Gasteiger partial charge >= 0.3 is 0 Å². The second kappa shape index (κ2) is 7.52. The van der Waals surface area contributed by atoms with Crippen molar-refractivity contribution in [2.24, 2.45) is 0 Å². The zero-order chi connectivity index (χ0) is 16.9. The van der Waals surface area contributed by atoms with Gasteiger partial charge in [-0.05, 0) is 55.0 Å². The molecule has 0 atom stereocenters. The molecule has 0 heterocycles. The fourth-order valence-corrected chi connectivity index (χ4v) is 3.12. The minimum Gasteiger partial charge on any atom is -0.494 e. The molecule has 0 unspecified atom stereocenters. The van der Waals surface area contributed by atoms with Crippen LogP contribution in [0.15, 0.2) is 53.4 Å². The average Bonchev–Trinajstić information content (AvgIpc) is 2.53. The predicted octanol–water partition coefficient (Wildman–Crippen LogP) is 3.05. The molecule has 0 aliphatic heterocycles. The molecular weight excluding hydrogens is 324 g/mol. The molecule has 124 valence electrons. The largest absolute Gasteiger partial charge is 0.494 e. The molecule has 0 radical (unpaired) electrons. The first kappa shape index (κ1) is 17.4. The van der Waals surface area contributed by atoms with E-state index in [2.05, 4.69) is 0 Å². The standard InChI is InChI=1S/C16H17F2NO3S/c1-19(23(20,21)16-9-5-14(18)6-10-16)11-2-12-22-15-7-3-13(17)4-8-15/h3-10H,2,11-12H2,1H3. The van der Waals surface area contributed by atoms with E-state index in [1.54, 1.807) is 0 Å². The number of nitrogens with zero attached hydrogens (tertiary/aromatic N) is 1. The Morgan fingerprint density at radius 3 is 2.04 bits per heavy atom. The molecule has 0 fully saturated rings. The molecule has 2 aromatic rings. The lowest BCUT2D eigenvalue weighted by atomic mass is 10.3. The quantitative estimate of drug-likeness (QED) is 0.727. The van der Waals surface area contributed by atoms with Crippen molar-refractivity contribution in [3.8, 4) is 5.75 Å². The van der Waals surface area contributed by atoms with Crippen LogP contribution in [0.3, 0.4) is 0 Å². The number of ether oxygens (including phenoxy) is 1. The molecule has 2 aromatic carbocycles. The summed E-state index contributed by atoms with van der Waals surface area (Å²) in [5.41, 5.74) is 0. The lowest BCUT2D eigenvalue weighted by molar-refractivity contribution is 0.296. The Balaban J connectivity index is 1.85. The van der Waals surface area contributed by atoms with E-state index < -0.39 is 15.8 Å². The predicted molar refractivity (Wildman–Crippen MR) is 82.7 cm³/mol. The normalized spacial score (nSPS) is 11.7. The number of rotatable bonds is 7. The third-order valence-corrected chi connectivity index (χ3v) is 5.09. The van der Waals surface area contributed by atoms with Crippen LogP contribution in [0.2, 0.25) is 0 Å². The van der Waals surface area contributed by atoms with Crippen molar-refractivity contribution < 1.29 is 21.9 Å². The van der Waals surface area contributed by atoms with Crippen molar-refractivity contribution in [3.63, 3.8) is 0 Å². The molecule has 0 aliphatic carbocycles. The van der Waals surface area contributed by atoms with Gasteiger partial charge in [0.25, 0.3) is 0 Å². The summed E-state index contributed by atoms with van der Waals surface area (Å²) in [6.45, 7) is 0.551. The van der Waals surface area contributed by atoms with Crippen LogP contribution in [0.1, 0.15) is 6.42 Å². The van der Waals surface area contributed by atoms with Gasteiger partial charge in [0.2, 0.25) is 10.0 Å². The summed E-state index contributed by atoms with van der Waals surface area (Å²) in [5, 5.41) is 0. The lowest BCUT2D eigenvalue weighted by Crippen LogP contribution is -2.28.